The van der Waals surface area contributed by atoms with Crippen molar-refractivity contribution in [2.75, 3.05) is 25.4 Å². The van der Waals surface area contributed by atoms with Gasteiger partial charge in [-0.1, -0.05) is 6.07 Å². The van der Waals surface area contributed by atoms with Gasteiger partial charge >= 0.3 is 0 Å². The molecule has 0 unspecified atom stereocenters. The van der Waals surface area contributed by atoms with Gasteiger partial charge in [-0.05, 0) is 36.8 Å². The molecule has 0 spiro atoms. The Kier molecular flexibility index (Phi) is 5.50. The summed E-state index contributed by atoms with van der Waals surface area (Å²) >= 11 is 0. The molecule has 0 atom stereocenters. The normalized spacial score (nSPS) is 10.6. The highest BCUT2D eigenvalue weighted by molar-refractivity contribution is 5.95. The molecule has 1 N–H and O–H groups in total. The van der Waals surface area contributed by atoms with Crippen LogP contribution < -0.4 is 9.80 Å². The van der Waals surface area contributed by atoms with E-state index < -0.39 is 5.82 Å². The Bertz CT molecular complexity index is 1020. The number of aryl methyl sites for hydroxylation is 1. The number of pyridine rings is 1. The Hall–Kier alpha value is -3.21. The van der Waals surface area contributed by atoms with Crippen molar-refractivity contribution in [1.29, 1.82) is 5.26 Å². The van der Waals surface area contributed by atoms with Crippen molar-refractivity contribution in [3.05, 3.63) is 59.5 Å². The molecule has 0 aliphatic rings. The Labute approximate surface area is 156 Å². The van der Waals surface area contributed by atoms with E-state index in [1.807, 2.05) is 0 Å². The lowest BCUT2D eigenvalue weighted by Gasteiger charge is -2.20. The Balaban J connectivity index is 2.07. The van der Waals surface area contributed by atoms with Crippen LogP contribution in [0.25, 0.3) is 10.9 Å². The molecular formula is C20H18FN3O3. The first-order valence-electron chi connectivity index (χ1n) is 8.25. The van der Waals surface area contributed by atoms with Gasteiger partial charge in [-0.25, -0.2) is 9.45 Å². The Morgan fingerprint density at radius 1 is 1.19 bits per heavy atom. The molecule has 1 heterocycles. The van der Waals surface area contributed by atoms with Crippen molar-refractivity contribution in [2.24, 2.45) is 0 Å². The predicted octanol–water partition coefficient (Wildman–Crippen LogP) is 4.11. The molecule has 1 aromatic heterocycles. The van der Waals surface area contributed by atoms with Crippen LogP contribution in [0.4, 0.5) is 15.8 Å². The summed E-state index contributed by atoms with van der Waals surface area (Å²) in [5.41, 5.74) is 1.85. The first-order valence-corrected chi connectivity index (χ1v) is 8.25. The van der Waals surface area contributed by atoms with E-state index in [0.29, 0.717) is 28.9 Å². The molecule has 0 radical (unpaired) electrons. The second-order valence-electron chi connectivity index (χ2n) is 5.92. The number of hydrogen-bond donors (Lipinski definition) is 1. The number of nitrogens with zero attached hydrogens (tertiary/aromatic N) is 3. The van der Waals surface area contributed by atoms with Crippen LogP contribution in [0.5, 0.6) is 5.75 Å². The van der Waals surface area contributed by atoms with Crippen LogP contribution in [0.3, 0.4) is 0 Å². The van der Waals surface area contributed by atoms with Crippen LogP contribution in [-0.4, -0.2) is 30.5 Å². The monoisotopic (exact) mass is 367 g/mol. The molecule has 0 saturated heterocycles. The van der Waals surface area contributed by atoms with Gasteiger partial charge in [0.1, 0.15) is 29.9 Å². The summed E-state index contributed by atoms with van der Waals surface area (Å²) in [6.07, 6.45) is 1.50. The average Bonchev–Trinajstić information content (AvgIpc) is 2.66. The molecule has 3 rings (SSSR count). The van der Waals surface area contributed by atoms with E-state index in [1.165, 1.54) is 18.3 Å². The lowest BCUT2D eigenvalue weighted by atomic mass is 10.1. The fourth-order valence-corrected chi connectivity index (χ4v) is 2.70. The van der Waals surface area contributed by atoms with Crippen molar-refractivity contribution in [3.63, 3.8) is 0 Å². The van der Waals surface area contributed by atoms with Crippen LogP contribution in [0, 0.1) is 24.1 Å². The molecule has 27 heavy (non-hydrogen) atoms. The fourth-order valence-electron chi connectivity index (χ4n) is 2.70. The first-order chi connectivity index (χ1) is 13.0. The van der Waals surface area contributed by atoms with Crippen molar-refractivity contribution >= 4 is 22.3 Å². The number of halogens is 1. The standard InChI is InChI=1S/C20H18FN3O3/c1-13-3-4-19(16(21)9-13)24(25)18-5-6-23-17-11-20(27-8-7-26-2)14(12-22)10-15(17)18/h3-6,9-11,25H,7-8H2,1-2H3. The van der Waals surface area contributed by atoms with Gasteiger partial charge in [0, 0.05) is 24.8 Å². The van der Waals surface area contributed by atoms with E-state index in [0.717, 1.165) is 10.6 Å². The molecule has 0 aliphatic heterocycles. The number of aromatic nitrogens is 1. The quantitative estimate of drug-likeness (QED) is 0.522. The van der Waals surface area contributed by atoms with Crippen LogP contribution in [-0.2, 0) is 4.74 Å². The van der Waals surface area contributed by atoms with Crippen LogP contribution in [0.15, 0.2) is 42.6 Å². The Morgan fingerprint density at radius 2 is 2.00 bits per heavy atom. The molecule has 0 bridgehead atoms. The zero-order chi connectivity index (χ0) is 19.4. The molecule has 0 fully saturated rings. The third kappa shape index (κ3) is 3.82. The van der Waals surface area contributed by atoms with Crippen molar-refractivity contribution in [3.8, 4) is 11.8 Å². The van der Waals surface area contributed by atoms with E-state index in [1.54, 1.807) is 38.3 Å². The largest absolute Gasteiger partial charge is 0.490 e. The summed E-state index contributed by atoms with van der Waals surface area (Å²) in [5.74, 6) is -0.180. The van der Waals surface area contributed by atoms with Gasteiger partial charge in [-0.15, -0.1) is 0 Å². The van der Waals surface area contributed by atoms with Crippen molar-refractivity contribution in [2.45, 2.75) is 6.92 Å². The maximum atomic E-state index is 14.3. The summed E-state index contributed by atoms with van der Waals surface area (Å²) in [4.78, 5) is 4.27. The first kappa shape index (κ1) is 18.6. The maximum absolute atomic E-state index is 14.3. The molecule has 2 aromatic carbocycles. The van der Waals surface area contributed by atoms with Crippen LogP contribution in [0.2, 0.25) is 0 Å². The second kappa shape index (κ2) is 7.99. The van der Waals surface area contributed by atoms with Gasteiger partial charge in [-0.3, -0.25) is 10.2 Å². The van der Waals surface area contributed by atoms with E-state index >= 15 is 0 Å². The summed E-state index contributed by atoms with van der Waals surface area (Å²) in [7, 11) is 1.56. The number of ether oxygens (including phenoxy) is 2. The average molecular weight is 367 g/mol. The van der Waals surface area contributed by atoms with E-state index in [-0.39, 0.29) is 17.9 Å². The number of benzene rings is 2. The second-order valence-corrected chi connectivity index (χ2v) is 5.92. The van der Waals surface area contributed by atoms with Gasteiger partial charge in [-0.2, -0.15) is 5.26 Å². The number of nitriles is 1. The highest BCUT2D eigenvalue weighted by Gasteiger charge is 2.17. The zero-order valence-corrected chi connectivity index (χ0v) is 14.9. The maximum Gasteiger partial charge on any atom is 0.149 e. The summed E-state index contributed by atoms with van der Waals surface area (Å²) < 4.78 is 24.8. The minimum atomic E-state index is -0.553. The van der Waals surface area contributed by atoms with Gasteiger partial charge in [0.25, 0.3) is 0 Å². The third-order valence-electron chi connectivity index (χ3n) is 4.04. The molecule has 3 aromatic rings. The van der Waals surface area contributed by atoms with Crippen LogP contribution >= 0.6 is 0 Å². The predicted molar refractivity (Wildman–Crippen MR) is 98.9 cm³/mol. The van der Waals surface area contributed by atoms with Crippen LogP contribution in [0.1, 0.15) is 11.1 Å². The van der Waals surface area contributed by atoms with E-state index in [2.05, 4.69) is 11.1 Å². The molecular weight excluding hydrogens is 349 g/mol. The topological polar surface area (TPSA) is 78.6 Å². The molecule has 0 amide bonds. The van der Waals surface area contributed by atoms with Gasteiger partial charge in [0.15, 0.2) is 0 Å². The fraction of sp³-hybridized carbons (Fsp3) is 0.200. The molecule has 7 heteroatoms. The van der Waals surface area contributed by atoms with Gasteiger partial charge in [0.05, 0.1) is 23.4 Å². The van der Waals surface area contributed by atoms with Crippen molar-refractivity contribution in [1.82, 2.24) is 4.98 Å². The zero-order valence-electron chi connectivity index (χ0n) is 14.9. The third-order valence-corrected chi connectivity index (χ3v) is 4.04. The summed E-state index contributed by atoms with van der Waals surface area (Å²) in [5, 5.41) is 21.3. The molecule has 6 nitrogen and oxygen atoms in total. The lowest BCUT2D eigenvalue weighted by Crippen LogP contribution is -2.13. The highest BCUT2D eigenvalue weighted by atomic mass is 19.1. The molecule has 138 valence electrons. The number of rotatable bonds is 6. The summed E-state index contributed by atoms with van der Waals surface area (Å²) in [6.45, 7) is 2.44. The van der Waals surface area contributed by atoms with Gasteiger partial charge < -0.3 is 9.47 Å². The van der Waals surface area contributed by atoms with Gasteiger partial charge in [0.2, 0.25) is 0 Å². The minimum Gasteiger partial charge on any atom is -0.490 e. The smallest absolute Gasteiger partial charge is 0.149 e. The van der Waals surface area contributed by atoms with E-state index in [4.69, 9.17) is 9.47 Å². The van der Waals surface area contributed by atoms with E-state index in [9.17, 15) is 14.9 Å². The Morgan fingerprint density at radius 3 is 2.70 bits per heavy atom. The number of methoxy groups -OCH3 is 1. The molecule has 0 aliphatic carbocycles. The number of anilines is 2. The number of fused-ring (bicyclic) bond motifs is 1. The number of hydrogen-bond acceptors (Lipinski definition) is 6. The van der Waals surface area contributed by atoms with Crippen molar-refractivity contribution < 1.29 is 19.1 Å². The SMILES string of the molecule is COCCOc1cc2nccc(N(O)c3ccc(C)cc3F)c2cc1C#N. The lowest BCUT2D eigenvalue weighted by molar-refractivity contribution is 0.146. The molecule has 0 saturated carbocycles. The highest BCUT2D eigenvalue weighted by Crippen LogP contribution is 2.34. The minimum absolute atomic E-state index is 0.00651. The summed E-state index contributed by atoms with van der Waals surface area (Å²) in [6, 6.07) is 11.3.